The second-order valence-electron chi connectivity index (χ2n) is 8.94. The minimum atomic E-state index is -0.140. The van der Waals surface area contributed by atoms with Crippen molar-refractivity contribution in [2.24, 2.45) is 5.92 Å². The molecule has 2 aromatic carbocycles. The molecule has 1 saturated carbocycles. The predicted octanol–water partition coefficient (Wildman–Crippen LogP) is 3.28. The Kier molecular flexibility index (Phi) is 5.28. The van der Waals surface area contributed by atoms with Crippen LogP contribution in [-0.4, -0.2) is 53.4 Å². The summed E-state index contributed by atoms with van der Waals surface area (Å²) in [5, 5.41) is 6.48. The molecule has 4 atom stereocenters. The van der Waals surface area contributed by atoms with Gasteiger partial charge in [0.2, 0.25) is 11.9 Å². The van der Waals surface area contributed by atoms with Crippen molar-refractivity contribution in [2.75, 3.05) is 18.5 Å². The zero-order valence-corrected chi connectivity index (χ0v) is 18.2. The molecule has 2 aliphatic heterocycles. The number of benzene rings is 2. The highest BCUT2D eigenvalue weighted by atomic mass is 16.6. The maximum atomic E-state index is 12.1. The van der Waals surface area contributed by atoms with Crippen molar-refractivity contribution in [3.05, 3.63) is 66.9 Å². The molecule has 168 valence electrons. The third-order valence-electron chi connectivity index (χ3n) is 6.59. The molecule has 3 heterocycles. The van der Waals surface area contributed by atoms with Gasteiger partial charge in [-0.25, -0.2) is 9.97 Å². The third-order valence-corrected chi connectivity index (χ3v) is 6.59. The summed E-state index contributed by atoms with van der Waals surface area (Å²) in [6, 6.07) is 20.4. The second kappa shape index (κ2) is 8.57. The Morgan fingerprint density at radius 2 is 1.48 bits per heavy atom. The third kappa shape index (κ3) is 4.21. The lowest BCUT2D eigenvalue weighted by Gasteiger charge is -2.18. The molecule has 0 spiro atoms. The number of rotatable bonds is 6. The predicted molar refractivity (Wildman–Crippen MR) is 124 cm³/mol. The summed E-state index contributed by atoms with van der Waals surface area (Å²) >= 11 is 0. The van der Waals surface area contributed by atoms with Gasteiger partial charge < -0.3 is 20.1 Å². The lowest BCUT2D eigenvalue weighted by atomic mass is 10.0. The number of fused-ring (bicyclic) bond motifs is 1. The Hall–Kier alpha value is -3.29. The number of anilines is 1. The highest BCUT2D eigenvalue weighted by Gasteiger charge is 2.49. The van der Waals surface area contributed by atoms with E-state index >= 15 is 0 Å². The first-order chi connectivity index (χ1) is 16.2. The number of amides is 1. The van der Waals surface area contributed by atoms with Crippen molar-refractivity contribution >= 4 is 11.9 Å². The molecule has 3 aliphatic rings. The van der Waals surface area contributed by atoms with Gasteiger partial charge in [-0.05, 0) is 30.0 Å². The molecule has 6 rings (SSSR count). The van der Waals surface area contributed by atoms with Gasteiger partial charge in [-0.15, -0.1) is 0 Å². The van der Waals surface area contributed by atoms with E-state index in [4.69, 9.17) is 14.5 Å². The van der Waals surface area contributed by atoms with Crippen LogP contribution in [0, 0.1) is 5.92 Å². The van der Waals surface area contributed by atoms with Gasteiger partial charge in [0.05, 0.1) is 31.0 Å². The van der Waals surface area contributed by atoms with Crippen LogP contribution in [0.1, 0.15) is 12.8 Å². The molecular formula is C26H26N4O3. The maximum absolute atomic E-state index is 12.1. The fourth-order valence-corrected chi connectivity index (χ4v) is 4.61. The smallest absolute Gasteiger partial charge is 0.223 e. The van der Waals surface area contributed by atoms with Crippen LogP contribution in [-0.2, 0) is 14.3 Å². The molecule has 1 aliphatic carbocycles. The van der Waals surface area contributed by atoms with Crippen molar-refractivity contribution in [1.82, 2.24) is 15.3 Å². The van der Waals surface area contributed by atoms with E-state index in [1.165, 1.54) is 11.1 Å². The summed E-state index contributed by atoms with van der Waals surface area (Å²) in [5.74, 6) is 0.846. The minimum absolute atomic E-state index is 0.0615. The number of ether oxygens (including phenoxy) is 2. The number of hydrogen-bond donors (Lipinski definition) is 2. The number of carbonyl (C=O) groups is 1. The van der Waals surface area contributed by atoms with E-state index in [1.807, 2.05) is 24.3 Å². The van der Waals surface area contributed by atoms with Gasteiger partial charge in [-0.3, -0.25) is 4.79 Å². The van der Waals surface area contributed by atoms with Crippen molar-refractivity contribution in [2.45, 2.75) is 37.1 Å². The first kappa shape index (κ1) is 20.3. The van der Waals surface area contributed by atoms with Crippen LogP contribution in [0.25, 0.3) is 22.4 Å². The zero-order valence-electron chi connectivity index (χ0n) is 18.2. The topological polar surface area (TPSA) is 85.4 Å². The van der Waals surface area contributed by atoms with Gasteiger partial charge in [-0.2, -0.15) is 0 Å². The van der Waals surface area contributed by atoms with E-state index in [0.717, 1.165) is 24.1 Å². The van der Waals surface area contributed by atoms with Crippen LogP contribution in [0.5, 0.6) is 0 Å². The van der Waals surface area contributed by atoms with Crippen molar-refractivity contribution in [1.29, 1.82) is 0 Å². The molecule has 2 saturated heterocycles. The zero-order chi connectivity index (χ0) is 22.2. The molecule has 3 aromatic rings. The van der Waals surface area contributed by atoms with Crippen LogP contribution in [0.3, 0.4) is 0 Å². The maximum Gasteiger partial charge on any atom is 0.223 e. The lowest BCUT2D eigenvalue weighted by Crippen LogP contribution is -2.45. The number of nitrogens with zero attached hydrogens (tertiary/aromatic N) is 2. The molecule has 1 aromatic heterocycles. The fourth-order valence-electron chi connectivity index (χ4n) is 4.61. The molecule has 2 N–H and O–H groups in total. The van der Waals surface area contributed by atoms with Crippen LogP contribution in [0.2, 0.25) is 0 Å². The highest BCUT2D eigenvalue weighted by Crippen LogP contribution is 2.32. The van der Waals surface area contributed by atoms with Gasteiger partial charge in [-0.1, -0.05) is 54.6 Å². The summed E-state index contributed by atoms with van der Waals surface area (Å²) in [7, 11) is 0. The van der Waals surface area contributed by atoms with Gasteiger partial charge >= 0.3 is 0 Å². The summed E-state index contributed by atoms with van der Waals surface area (Å²) in [6.07, 6.45) is 3.46. The van der Waals surface area contributed by atoms with E-state index in [-0.39, 0.29) is 36.1 Å². The van der Waals surface area contributed by atoms with Gasteiger partial charge in [0.15, 0.2) is 0 Å². The molecular weight excluding hydrogens is 416 g/mol. The van der Waals surface area contributed by atoms with Crippen molar-refractivity contribution in [3.63, 3.8) is 0 Å². The standard InChI is InChI=1S/C26H26N4O3/c31-25(19-10-11-19)28-21-14-32-24-22(15-33-23(21)24)30-26-27-13-12-20(29-26)18-8-6-17(7-9-18)16-4-2-1-3-5-16/h1-9,12-13,19,21-24H,10-11,14-15H2,(H,28,31)(H,27,29,30)/t21-,22+,23-,24+/m0/s1. The molecule has 3 fully saturated rings. The van der Waals surface area contributed by atoms with Crippen LogP contribution in [0.15, 0.2) is 66.9 Å². The molecule has 7 nitrogen and oxygen atoms in total. The molecule has 0 radical (unpaired) electrons. The average molecular weight is 443 g/mol. The van der Waals surface area contributed by atoms with Crippen LogP contribution < -0.4 is 10.6 Å². The quantitative estimate of drug-likeness (QED) is 0.610. The molecule has 1 amide bonds. The minimum Gasteiger partial charge on any atom is -0.371 e. The largest absolute Gasteiger partial charge is 0.371 e. The van der Waals surface area contributed by atoms with E-state index in [2.05, 4.69) is 52.0 Å². The highest BCUT2D eigenvalue weighted by molar-refractivity contribution is 5.81. The van der Waals surface area contributed by atoms with E-state index in [0.29, 0.717) is 19.2 Å². The molecule has 0 unspecified atom stereocenters. The van der Waals surface area contributed by atoms with E-state index < -0.39 is 0 Å². The SMILES string of the molecule is O=C(N[C@H]1CO[C@H]2[C@H]1OC[C@H]2Nc1nccc(-c2ccc(-c3ccccc3)cc2)n1)C1CC1. The Morgan fingerprint density at radius 1 is 0.818 bits per heavy atom. The van der Waals surface area contributed by atoms with Gasteiger partial charge in [0.25, 0.3) is 0 Å². The van der Waals surface area contributed by atoms with Gasteiger partial charge in [0, 0.05) is 17.7 Å². The van der Waals surface area contributed by atoms with Crippen molar-refractivity contribution in [3.8, 4) is 22.4 Å². The number of nitrogens with one attached hydrogen (secondary N) is 2. The summed E-state index contributed by atoms with van der Waals surface area (Å²) in [4.78, 5) is 21.3. The molecule has 7 heteroatoms. The monoisotopic (exact) mass is 442 g/mol. The lowest BCUT2D eigenvalue weighted by molar-refractivity contribution is -0.123. The molecule has 0 bridgehead atoms. The summed E-state index contributed by atoms with van der Waals surface area (Å²) in [5.41, 5.74) is 4.24. The van der Waals surface area contributed by atoms with Crippen LogP contribution in [0.4, 0.5) is 5.95 Å². The number of carbonyl (C=O) groups excluding carboxylic acids is 1. The molecule has 33 heavy (non-hydrogen) atoms. The van der Waals surface area contributed by atoms with Crippen molar-refractivity contribution < 1.29 is 14.3 Å². The Morgan fingerprint density at radius 3 is 2.24 bits per heavy atom. The van der Waals surface area contributed by atoms with E-state index in [9.17, 15) is 4.79 Å². The summed E-state index contributed by atoms with van der Waals surface area (Å²) < 4.78 is 12.0. The number of hydrogen-bond acceptors (Lipinski definition) is 6. The Bertz CT molecular complexity index is 1130. The Balaban J connectivity index is 1.12. The first-order valence-corrected chi connectivity index (χ1v) is 11.5. The Labute approximate surface area is 192 Å². The normalized spacial score (nSPS) is 26.1. The first-order valence-electron chi connectivity index (χ1n) is 11.5. The van der Waals surface area contributed by atoms with E-state index in [1.54, 1.807) is 6.20 Å². The van der Waals surface area contributed by atoms with Crippen LogP contribution >= 0.6 is 0 Å². The second-order valence-corrected chi connectivity index (χ2v) is 8.94. The van der Waals surface area contributed by atoms with Gasteiger partial charge in [0.1, 0.15) is 12.2 Å². The average Bonchev–Trinajstić information content (AvgIpc) is 3.54. The summed E-state index contributed by atoms with van der Waals surface area (Å²) in [6.45, 7) is 0.963. The number of aromatic nitrogens is 2. The fraction of sp³-hybridized carbons (Fsp3) is 0.346.